The molecular weight excluding hydrogens is 218 g/mol. The van der Waals surface area contributed by atoms with Crippen LogP contribution in [0.15, 0.2) is 0 Å². The zero-order valence-corrected chi connectivity index (χ0v) is 9.21. The summed E-state index contributed by atoms with van der Waals surface area (Å²) < 4.78 is 5.20. The molecule has 7 heteroatoms. The van der Waals surface area contributed by atoms with Gasteiger partial charge in [-0.2, -0.15) is 0 Å². The molecule has 1 aliphatic rings. The van der Waals surface area contributed by atoms with E-state index in [4.69, 9.17) is 9.84 Å². The fourth-order valence-electron chi connectivity index (χ4n) is 1.96. The minimum Gasteiger partial charge on any atom is -0.481 e. The number of carbonyl (C=O) groups is 1. The first-order valence-corrected chi connectivity index (χ1v) is 4.98. The van der Waals surface area contributed by atoms with Crippen molar-refractivity contribution in [2.24, 2.45) is 5.92 Å². The first-order chi connectivity index (χ1) is 7.39. The second-order valence-electron chi connectivity index (χ2n) is 4.14. The van der Waals surface area contributed by atoms with Crippen molar-refractivity contribution >= 4 is 5.97 Å². The lowest BCUT2D eigenvalue weighted by Gasteiger charge is -2.40. The molecule has 1 saturated carbocycles. The Morgan fingerprint density at radius 1 is 1.62 bits per heavy atom. The maximum absolute atomic E-state index is 10.8. The van der Waals surface area contributed by atoms with Crippen molar-refractivity contribution in [1.82, 2.24) is 0 Å². The third-order valence-corrected chi connectivity index (χ3v) is 3.20. The van der Waals surface area contributed by atoms with Gasteiger partial charge in [0.05, 0.1) is 11.5 Å². The van der Waals surface area contributed by atoms with E-state index in [-0.39, 0.29) is 6.42 Å². The van der Waals surface area contributed by atoms with Gasteiger partial charge in [-0.1, -0.05) is 0 Å². The molecule has 0 aromatic heterocycles. The molecule has 0 aromatic carbocycles. The molecule has 0 radical (unpaired) electrons. The third-order valence-electron chi connectivity index (χ3n) is 3.20. The van der Waals surface area contributed by atoms with Crippen molar-refractivity contribution in [2.45, 2.75) is 37.9 Å². The molecular formula is C9H15NO6. The summed E-state index contributed by atoms with van der Waals surface area (Å²) in [5.74, 6) is -1.55. The Hall–Kier alpha value is -1.37. The normalized spacial score (nSPS) is 34.4. The third kappa shape index (κ3) is 2.60. The van der Waals surface area contributed by atoms with Gasteiger partial charge in [0, 0.05) is 7.11 Å². The van der Waals surface area contributed by atoms with Gasteiger partial charge in [-0.3, -0.25) is 4.79 Å². The van der Waals surface area contributed by atoms with Crippen LogP contribution in [0.5, 0.6) is 0 Å². The molecule has 0 bridgehead atoms. The van der Waals surface area contributed by atoms with E-state index in [9.17, 15) is 14.9 Å². The smallest absolute Gasteiger partial charge is 0.306 e. The van der Waals surface area contributed by atoms with Crippen molar-refractivity contribution < 1.29 is 24.6 Å². The highest BCUT2D eigenvalue weighted by Gasteiger charge is 2.44. The molecule has 1 N–H and O–H groups in total. The Morgan fingerprint density at radius 3 is 2.69 bits per heavy atom. The average Bonchev–Trinajstić information content (AvgIpc) is 2.20. The summed E-state index contributed by atoms with van der Waals surface area (Å²) in [4.78, 5) is 25.7. The molecule has 92 valence electrons. The van der Waals surface area contributed by atoms with Gasteiger partial charge < -0.3 is 14.7 Å². The first-order valence-electron chi connectivity index (χ1n) is 4.98. The molecule has 7 nitrogen and oxygen atoms in total. The lowest BCUT2D eigenvalue weighted by atomic mass is 9.77. The Balaban J connectivity index is 2.77. The molecule has 1 aliphatic carbocycles. The largest absolute Gasteiger partial charge is 0.481 e. The van der Waals surface area contributed by atoms with Crippen LogP contribution in [0.4, 0.5) is 0 Å². The Morgan fingerprint density at radius 2 is 2.25 bits per heavy atom. The zero-order chi connectivity index (χ0) is 12.3. The summed E-state index contributed by atoms with van der Waals surface area (Å²) in [6.07, 6.45) is 0.138. The number of ether oxygens (including phenoxy) is 1. The highest BCUT2D eigenvalue weighted by molar-refractivity contribution is 5.70. The van der Waals surface area contributed by atoms with Crippen LogP contribution in [-0.4, -0.2) is 35.0 Å². The fraction of sp³-hybridized carbons (Fsp3) is 0.889. The van der Waals surface area contributed by atoms with Gasteiger partial charge in [0.1, 0.15) is 6.10 Å². The number of nitrogens with zero attached hydrogens (tertiary/aromatic N) is 1. The van der Waals surface area contributed by atoms with Crippen LogP contribution in [0, 0.1) is 16.0 Å². The number of carboxylic acid groups (broad SMARTS) is 1. The molecule has 0 saturated heterocycles. The average molecular weight is 233 g/mol. The molecule has 3 atom stereocenters. The standard InChI is InChI=1S/C9H15NO6/c1-9(15-2)4-3-6(8(11)12)5-7(9)16-10(13)14/h6-7H,3-5H2,1-2H3,(H,11,12)/t6-,7+,9+/m0/s1. The molecule has 0 spiro atoms. The number of aliphatic carboxylic acids is 1. The van der Waals surface area contributed by atoms with Crippen molar-refractivity contribution in [3.05, 3.63) is 10.1 Å². The quantitative estimate of drug-likeness (QED) is 0.571. The van der Waals surface area contributed by atoms with Crippen LogP contribution in [0.25, 0.3) is 0 Å². The Labute approximate surface area is 92.4 Å². The van der Waals surface area contributed by atoms with Crippen molar-refractivity contribution in [1.29, 1.82) is 0 Å². The Kier molecular flexibility index (Phi) is 3.69. The van der Waals surface area contributed by atoms with Crippen LogP contribution >= 0.6 is 0 Å². The minimum absolute atomic E-state index is 0.0979. The van der Waals surface area contributed by atoms with Crippen LogP contribution in [0.1, 0.15) is 26.2 Å². The maximum atomic E-state index is 10.8. The van der Waals surface area contributed by atoms with E-state index in [0.29, 0.717) is 12.8 Å². The van der Waals surface area contributed by atoms with Crippen molar-refractivity contribution in [3.63, 3.8) is 0 Å². The van der Waals surface area contributed by atoms with Gasteiger partial charge >= 0.3 is 5.97 Å². The predicted octanol–water partition coefficient (Wildman–Crippen LogP) is 0.853. The summed E-state index contributed by atoms with van der Waals surface area (Å²) in [7, 11) is 1.44. The summed E-state index contributed by atoms with van der Waals surface area (Å²) in [5.41, 5.74) is -0.793. The minimum atomic E-state index is -0.949. The van der Waals surface area contributed by atoms with Gasteiger partial charge in [-0.25, -0.2) is 0 Å². The van der Waals surface area contributed by atoms with Gasteiger partial charge in [-0.05, 0) is 26.2 Å². The molecule has 0 aromatic rings. The molecule has 1 rings (SSSR count). The monoisotopic (exact) mass is 233 g/mol. The molecule has 1 fully saturated rings. The molecule has 0 unspecified atom stereocenters. The molecule has 16 heavy (non-hydrogen) atoms. The summed E-state index contributed by atoms with van der Waals surface area (Å²) in [5, 5.41) is 18.3. The lowest BCUT2D eigenvalue weighted by molar-refractivity contribution is -0.773. The van der Waals surface area contributed by atoms with Crippen LogP contribution in [0.2, 0.25) is 0 Å². The first kappa shape index (κ1) is 12.7. The van der Waals surface area contributed by atoms with Gasteiger partial charge in [0.15, 0.2) is 0 Å². The predicted molar refractivity (Wildman–Crippen MR) is 52.3 cm³/mol. The van der Waals surface area contributed by atoms with E-state index in [0.717, 1.165) is 0 Å². The van der Waals surface area contributed by atoms with E-state index >= 15 is 0 Å². The molecule has 0 aliphatic heterocycles. The van der Waals surface area contributed by atoms with Gasteiger partial charge in [0.2, 0.25) is 0 Å². The van der Waals surface area contributed by atoms with E-state index < -0.39 is 28.7 Å². The van der Waals surface area contributed by atoms with Crippen molar-refractivity contribution in [2.75, 3.05) is 7.11 Å². The van der Waals surface area contributed by atoms with E-state index in [1.165, 1.54) is 7.11 Å². The van der Waals surface area contributed by atoms with E-state index in [2.05, 4.69) is 4.84 Å². The lowest BCUT2D eigenvalue weighted by Crippen LogP contribution is -2.49. The second kappa shape index (κ2) is 4.65. The number of hydrogen-bond donors (Lipinski definition) is 1. The van der Waals surface area contributed by atoms with E-state index in [1.807, 2.05) is 0 Å². The van der Waals surface area contributed by atoms with Crippen LogP contribution < -0.4 is 0 Å². The Bertz CT molecular complexity index is 294. The summed E-state index contributed by atoms with van der Waals surface area (Å²) in [6.45, 7) is 1.69. The maximum Gasteiger partial charge on any atom is 0.306 e. The van der Waals surface area contributed by atoms with E-state index in [1.54, 1.807) is 6.92 Å². The van der Waals surface area contributed by atoms with Gasteiger partial charge in [-0.15, -0.1) is 10.1 Å². The fourth-order valence-corrected chi connectivity index (χ4v) is 1.96. The van der Waals surface area contributed by atoms with Crippen molar-refractivity contribution in [3.8, 4) is 0 Å². The SMILES string of the molecule is CO[C@]1(C)CC[C@H](C(=O)O)C[C@H]1O[N+](=O)[O-]. The summed E-state index contributed by atoms with van der Waals surface area (Å²) >= 11 is 0. The number of carboxylic acids is 1. The summed E-state index contributed by atoms with van der Waals surface area (Å²) in [6, 6.07) is 0. The number of methoxy groups -OCH3 is 1. The molecule has 0 amide bonds. The highest BCUT2D eigenvalue weighted by Crippen LogP contribution is 2.36. The second-order valence-corrected chi connectivity index (χ2v) is 4.14. The number of rotatable bonds is 4. The van der Waals surface area contributed by atoms with Crippen LogP contribution in [0.3, 0.4) is 0 Å². The topological polar surface area (TPSA) is 98.9 Å². The van der Waals surface area contributed by atoms with Gasteiger partial charge in [0.25, 0.3) is 5.09 Å². The van der Waals surface area contributed by atoms with Crippen LogP contribution in [-0.2, 0) is 14.4 Å². The highest BCUT2D eigenvalue weighted by atomic mass is 17.0. The number of hydrogen-bond acceptors (Lipinski definition) is 5. The molecule has 0 heterocycles. The zero-order valence-electron chi connectivity index (χ0n) is 9.21.